The molecule has 10 nitrogen and oxygen atoms in total. The van der Waals surface area contributed by atoms with E-state index in [0.29, 0.717) is 61.0 Å². The zero-order chi connectivity index (χ0) is 26.3. The van der Waals surface area contributed by atoms with Gasteiger partial charge in [0.25, 0.3) is 5.91 Å². The minimum absolute atomic E-state index is 0.0177. The maximum Gasteiger partial charge on any atom is 0.257 e. The second-order valence-electron chi connectivity index (χ2n) is 8.57. The second kappa shape index (κ2) is 9.69. The van der Waals surface area contributed by atoms with E-state index in [2.05, 4.69) is 5.32 Å². The fourth-order valence-corrected chi connectivity index (χ4v) is 4.76. The first-order valence-corrected chi connectivity index (χ1v) is 12.0. The molecule has 3 aromatic rings. The largest absolute Gasteiger partial charge is 0.545 e. The van der Waals surface area contributed by atoms with Gasteiger partial charge in [-0.15, -0.1) is 0 Å². The predicted octanol–water partition coefficient (Wildman–Crippen LogP) is 1.09. The number of benzene rings is 2. The minimum atomic E-state index is -1.60. The van der Waals surface area contributed by atoms with Crippen molar-refractivity contribution in [2.24, 2.45) is 0 Å². The highest BCUT2D eigenvalue weighted by molar-refractivity contribution is 7.80. The number of aromatic carboxylic acids is 1. The zero-order valence-electron chi connectivity index (χ0n) is 19.8. The fraction of sp³-hybridized carbons (Fsp3) is 0.280. The Balaban J connectivity index is 1.29. The maximum absolute atomic E-state index is 15.1. The van der Waals surface area contributed by atoms with Crippen LogP contribution < -0.4 is 30.2 Å². The van der Waals surface area contributed by atoms with Crippen LogP contribution in [-0.2, 0) is 6.54 Å². The Bertz CT molecular complexity index is 1500. The maximum atomic E-state index is 15.1. The monoisotopic (exact) mass is 525 g/mol. The van der Waals surface area contributed by atoms with Gasteiger partial charge < -0.3 is 33.7 Å². The Morgan fingerprint density at radius 2 is 1.84 bits per heavy atom. The highest BCUT2D eigenvalue weighted by atomic mass is 32.1. The number of thiocarbonyl (C=S) groups is 1. The Morgan fingerprint density at radius 3 is 2.54 bits per heavy atom. The molecule has 0 saturated carbocycles. The van der Waals surface area contributed by atoms with Gasteiger partial charge in [0.15, 0.2) is 22.0 Å². The van der Waals surface area contributed by atoms with Gasteiger partial charge in [0.2, 0.25) is 6.79 Å². The van der Waals surface area contributed by atoms with Crippen molar-refractivity contribution in [1.82, 2.24) is 14.8 Å². The standard InChI is InChI=1S/C25H23FN4O6S/c1-2-28-12-16(24(33)34)22(31)15-10-17(26)19(11-18(15)28)29-5-7-30(8-6-29)25(37)27-23(32)14-3-4-20-21(9-14)36-13-35-20/h3-4,9-12H,2,5-8,13H2,1H3,(H,33,34)(H,27,32,37)/p-1. The Morgan fingerprint density at radius 1 is 1.11 bits per heavy atom. The predicted molar refractivity (Wildman–Crippen MR) is 135 cm³/mol. The van der Waals surface area contributed by atoms with Crippen molar-refractivity contribution in [3.63, 3.8) is 0 Å². The number of nitrogens with one attached hydrogen (secondary N) is 1. The van der Waals surface area contributed by atoms with E-state index >= 15 is 4.39 Å². The van der Waals surface area contributed by atoms with E-state index in [1.807, 2.05) is 9.80 Å². The van der Waals surface area contributed by atoms with E-state index in [9.17, 15) is 19.5 Å². The van der Waals surface area contributed by atoms with Crippen LogP contribution >= 0.6 is 12.2 Å². The number of aryl methyl sites for hydroxylation is 1. The van der Waals surface area contributed by atoms with E-state index in [1.54, 1.807) is 35.8 Å². The number of rotatable bonds is 4. The number of hydrogen-bond donors (Lipinski definition) is 1. The molecule has 12 heteroatoms. The number of carbonyl (C=O) groups excluding carboxylic acids is 2. The van der Waals surface area contributed by atoms with Crippen molar-refractivity contribution in [3.8, 4) is 11.5 Å². The molecule has 0 spiro atoms. The van der Waals surface area contributed by atoms with E-state index in [-0.39, 0.29) is 23.2 Å². The molecule has 37 heavy (non-hydrogen) atoms. The first kappa shape index (κ1) is 24.5. The number of halogens is 1. The summed E-state index contributed by atoms with van der Waals surface area (Å²) in [5.74, 6) is -1.54. The number of hydrogen-bond acceptors (Lipinski definition) is 8. The number of ether oxygens (including phenoxy) is 2. The van der Waals surface area contributed by atoms with Gasteiger partial charge in [0.05, 0.1) is 22.7 Å². The Hall–Kier alpha value is -4.19. The number of carboxylic acid groups (broad SMARTS) is 1. The van der Waals surface area contributed by atoms with Gasteiger partial charge >= 0.3 is 0 Å². The van der Waals surface area contributed by atoms with Gasteiger partial charge in [-0.25, -0.2) is 4.39 Å². The van der Waals surface area contributed by atoms with Crippen molar-refractivity contribution in [3.05, 3.63) is 63.7 Å². The van der Waals surface area contributed by atoms with Gasteiger partial charge in [-0.1, -0.05) is 0 Å². The Kier molecular flexibility index (Phi) is 6.42. The highest BCUT2D eigenvalue weighted by Gasteiger charge is 2.24. The van der Waals surface area contributed by atoms with Crippen LogP contribution in [0.1, 0.15) is 27.6 Å². The molecule has 1 fully saturated rings. The molecular weight excluding hydrogens is 503 g/mol. The van der Waals surface area contributed by atoms with Crippen LogP contribution in [0.4, 0.5) is 10.1 Å². The van der Waals surface area contributed by atoms with Crippen molar-refractivity contribution in [2.45, 2.75) is 13.5 Å². The normalized spacial score (nSPS) is 14.6. The molecule has 1 saturated heterocycles. The summed E-state index contributed by atoms with van der Waals surface area (Å²) in [6.45, 7) is 3.98. The molecule has 1 amide bonds. The molecule has 2 aromatic carbocycles. The number of carbonyl (C=O) groups is 2. The number of amides is 1. The lowest BCUT2D eigenvalue weighted by molar-refractivity contribution is -0.255. The molecule has 2 aliphatic rings. The fourth-order valence-electron chi connectivity index (χ4n) is 4.49. The summed E-state index contributed by atoms with van der Waals surface area (Å²) in [7, 11) is 0. The van der Waals surface area contributed by atoms with Crippen molar-refractivity contribution >= 4 is 45.8 Å². The minimum Gasteiger partial charge on any atom is -0.545 e. The van der Waals surface area contributed by atoms with Crippen molar-refractivity contribution in [1.29, 1.82) is 0 Å². The van der Waals surface area contributed by atoms with E-state index < -0.39 is 22.8 Å². The molecule has 1 N–H and O–H groups in total. The van der Waals surface area contributed by atoms with Crippen LogP contribution in [0.15, 0.2) is 41.3 Å². The van der Waals surface area contributed by atoms with Crippen LogP contribution in [0.2, 0.25) is 0 Å². The summed E-state index contributed by atoms with van der Waals surface area (Å²) in [5, 5.41) is 14.3. The van der Waals surface area contributed by atoms with E-state index in [1.165, 1.54) is 6.20 Å². The molecule has 3 heterocycles. The quantitative estimate of drug-likeness (QED) is 0.500. The molecule has 0 radical (unpaired) electrons. The van der Waals surface area contributed by atoms with Crippen LogP contribution in [-0.4, -0.2) is 59.4 Å². The average Bonchev–Trinajstić information content (AvgIpc) is 3.37. The summed E-state index contributed by atoms with van der Waals surface area (Å²) < 4.78 is 27.2. The molecule has 0 unspecified atom stereocenters. The molecule has 0 atom stereocenters. The number of anilines is 1. The molecule has 192 valence electrons. The average molecular weight is 526 g/mol. The number of fused-ring (bicyclic) bond motifs is 2. The summed E-state index contributed by atoms with van der Waals surface area (Å²) >= 11 is 5.43. The zero-order valence-corrected chi connectivity index (χ0v) is 20.6. The van der Waals surface area contributed by atoms with Crippen LogP contribution in [0.5, 0.6) is 11.5 Å². The lowest BCUT2D eigenvalue weighted by Gasteiger charge is -2.37. The first-order valence-electron chi connectivity index (χ1n) is 11.6. The second-order valence-corrected chi connectivity index (χ2v) is 8.95. The van der Waals surface area contributed by atoms with Gasteiger partial charge in [0.1, 0.15) is 5.82 Å². The summed E-state index contributed by atoms with van der Waals surface area (Å²) in [6.07, 6.45) is 1.22. The highest BCUT2D eigenvalue weighted by Crippen LogP contribution is 2.32. The molecule has 2 aliphatic heterocycles. The van der Waals surface area contributed by atoms with Crippen LogP contribution in [0, 0.1) is 5.82 Å². The van der Waals surface area contributed by atoms with Gasteiger partial charge in [-0.3, -0.25) is 14.9 Å². The summed E-state index contributed by atoms with van der Waals surface area (Å²) in [5.41, 5.74) is -0.176. The molecule has 5 rings (SSSR count). The topological polar surface area (TPSA) is 116 Å². The summed E-state index contributed by atoms with van der Waals surface area (Å²) in [6, 6.07) is 7.51. The number of nitrogens with zero attached hydrogens (tertiary/aromatic N) is 3. The smallest absolute Gasteiger partial charge is 0.257 e. The van der Waals surface area contributed by atoms with Gasteiger partial charge in [-0.2, -0.15) is 0 Å². The lowest BCUT2D eigenvalue weighted by Crippen LogP contribution is -2.52. The number of pyridine rings is 1. The lowest BCUT2D eigenvalue weighted by atomic mass is 10.1. The van der Waals surface area contributed by atoms with Crippen LogP contribution in [0.25, 0.3) is 10.9 Å². The van der Waals surface area contributed by atoms with Crippen molar-refractivity contribution < 1.29 is 28.6 Å². The molecular formula is C25H22FN4O6S-. The third-order valence-corrected chi connectivity index (χ3v) is 6.83. The number of piperazine rings is 1. The SMILES string of the molecule is CCn1cc(C(=O)[O-])c(=O)c2cc(F)c(N3CCN(C(=S)NC(=O)c4ccc5c(c4)OCO5)CC3)cc21. The third kappa shape index (κ3) is 4.55. The first-order chi connectivity index (χ1) is 17.8. The van der Waals surface area contributed by atoms with Crippen molar-refractivity contribution in [2.75, 3.05) is 37.9 Å². The van der Waals surface area contributed by atoms with Crippen LogP contribution in [0.3, 0.4) is 0 Å². The van der Waals surface area contributed by atoms with E-state index in [0.717, 1.165) is 6.07 Å². The molecule has 1 aromatic heterocycles. The number of carboxylic acids is 1. The molecule has 0 bridgehead atoms. The molecule has 0 aliphatic carbocycles. The number of aromatic nitrogens is 1. The third-order valence-electron chi connectivity index (χ3n) is 6.47. The Labute approximate surface area is 215 Å². The van der Waals surface area contributed by atoms with E-state index in [4.69, 9.17) is 21.7 Å². The van der Waals surface area contributed by atoms with Gasteiger partial charge in [0, 0.05) is 49.9 Å². The summed E-state index contributed by atoms with van der Waals surface area (Å²) in [4.78, 5) is 40.2. The van der Waals surface area contributed by atoms with Gasteiger partial charge in [-0.05, 0) is 49.5 Å².